The number of fused-ring (bicyclic) bond motifs is 3. The highest BCUT2D eigenvalue weighted by Gasteiger charge is 2.35. The first kappa shape index (κ1) is 10.9. The fraction of sp³-hybridized carbons (Fsp3) is 0.909. The van der Waals surface area contributed by atoms with Crippen LogP contribution < -0.4 is 10.6 Å². The molecule has 3 rings (SSSR count). The van der Waals surface area contributed by atoms with Gasteiger partial charge in [0.05, 0.1) is 6.04 Å². The second kappa shape index (κ2) is 4.49. The first-order valence-corrected chi connectivity index (χ1v) is 5.90. The minimum Gasteiger partial charge on any atom is -0.350 e. The van der Waals surface area contributed by atoms with Crippen molar-refractivity contribution in [1.82, 2.24) is 15.5 Å². The van der Waals surface area contributed by atoms with E-state index in [1.807, 2.05) is 14.0 Å². The smallest absolute Gasteiger partial charge is 0.237 e. The summed E-state index contributed by atoms with van der Waals surface area (Å²) in [5, 5.41) is 6.13. The van der Waals surface area contributed by atoms with E-state index in [-0.39, 0.29) is 11.9 Å². The maximum Gasteiger partial charge on any atom is 0.237 e. The van der Waals surface area contributed by atoms with Crippen molar-refractivity contribution in [2.24, 2.45) is 5.92 Å². The molecule has 0 aliphatic carbocycles. The molecule has 2 atom stereocenters. The normalized spacial score (nSPS) is 36.3. The van der Waals surface area contributed by atoms with Gasteiger partial charge in [-0.3, -0.25) is 4.79 Å². The number of hydrogen-bond donors (Lipinski definition) is 2. The Morgan fingerprint density at radius 3 is 2.53 bits per heavy atom. The van der Waals surface area contributed by atoms with Crippen LogP contribution in [0.4, 0.5) is 0 Å². The Kier molecular flexibility index (Phi) is 3.26. The number of piperidine rings is 3. The molecule has 86 valence electrons. The summed E-state index contributed by atoms with van der Waals surface area (Å²) in [7, 11) is 1.82. The molecule has 0 aromatic heterocycles. The molecule has 1 amide bonds. The van der Waals surface area contributed by atoms with Gasteiger partial charge in [0.25, 0.3) is 0 Å². The highest BCUT2D eigenvalue weighted by Crippen LogP contribution is 2.27. The molecule has 2 unspecified atom stereocenters. The molecule has 3 fully saturated rings. The minimum atomic E-state index is -0.0829. The first-order valence-electron chi connectivity index (χ1n) is 5.90. The Balaban J connectivity index is 1.87. The van der Waals surface area contributed by atoms with Crippen LogP contribution in [-0.4, -0.2) is 49.6 Å². The zero-order valence-corrected chi connectivity index (χ0v) is 9.62. The fourth-order valence-corrected chi connectivity index (χ4v) is 2.57. The van der Waals surface area contributed by atoms with Crippen LogP contribution in [0.5, 0.6) is 0 Å². The van der Waals surface area contributed by atoms with Crippen LogP contribution >= 0.6 is 0 Å². The number of rotatable bonds is 3. The van der Waals surface area contributed by atoms with E-state index in [4.69, 9.17) is 0 Å². The van der Waals surface area contributed by atoms with E-state index in [9.17, 15) is 4.79 Å². The number of amides is 1. The van der Waals surface area contributed by atoms with Gasteiger partial charge in [0.15, 0.2) is 0 Å². The molecular weight excluding hydrogens is 190 g/mol. The van der Waals surface area contributed by atoms with Gasteiger partial charge in [-0.05, 0) is 45.8 Å². The van der Waals surface area contributed by atoms with Crippen molar-refractivity contribution in [2.75, 3.05) is 26.7 Å². The Morgan fingerprint density at radius 1 is 1.40 bits per heavy atom. The maximum absolute atomic E-state index is 11.7. The van der Waals surface area contributed by atoms with Gasteiger partial charge in [-0.25, -0.2) is 0 Å². The lowest BCUT2D eigenvalue weighted by Crippen LogP contribution is -2.59. The van der Waals surface area contributed by atoms with Gasteiger partial charge >= 0.3 is 0 Å². The van der Waals surface area contributed by atoms with Crippen molar-refractivity contribution in [2.45, 2.75) is 31.8 Å². The van der Waals surface area contributed by atoms with E-state index < -0.39 is 0 Å². The molecule has 4 nitrogen and oxygen atoms in total. The average Bonchev–Trinajstić information content (AvgIpc) is 2.29. The van der Waals surface area contributed by atoms with E-state index in [2.05, 4.69) is 15.5 Å². The lowest BCUT2D eigenvalue weighted by molar-refractivity contribution is -0.124. The van der Waals surface area contributed by atoms with E-state index in [0.717, 1.165) is 6.54 Å². The summed E-state index contributed by atoms with van der Waals surface area (Å²) in [4.78, 5) is 14.2. The number of carbonyl (C=O) groups excluding carboxylic acids is 1. The van der Waals surface area contributed by atoms with Gasteiger partial charge in [-0.2, -0.15) is 0 Å². The minimum absolute atomic E-state index is 0.0829. The number of nitrogens with zero attached hydrogens (tertiary/aromatic N) is 1. The molecule has 2 bridgehead atoms. The van der Waals surface area contributed by atoms with Crippen LogP contribution in [0.3, 0.4) is 0 Å². The third kappa shape index (κ3) is 2.32. The molecule has 15 heavy (non-hydrogen) atoms. The molecule has 0 aromatic carbocycles. The third-order valence-electron chi connectivity index (χ3n) is 3.81. The Morgan fingerprint density at radius 2 is 2.07 bits per heavy atom. The predicted octanol–water partition coefficient (Wildman–Crippen LogP) is -0.195. The molecule has 3 aliphatic rings. The van der Waals surface area contributed by atoms with Crippen LogP contribution in [0.1, 0.15) is 19.8 Å². The Hall–Kier alpha value is -0.610. The summed E-state index contributed by atoms with van der Waals surface area (Å²) in [6, 6.07) is 0.302. The van der Waals surface area contributed by atoms with Gasteiger partial charge in [-0.15, -0.1) is 0 Å². The van der Waals surface area contributed by atoms with Crippen LogP contribution in [0.2, 0.25) is 0 Å². The maximum atomic E-state index is 11.7. The summed E-state index contributed by atoms with van der Waals surface area (Å²) in [5.41, 5.74) is 0. The summed E-state index contributed by atoms with van der Waals surface area (Å²) in [6.45, 7) is 5.39. The van der Waals surface area contributed by atoms with Gasteiger partial charge < -0.3 is 15.5 Å². The summed E-state index contributed by atoms with van der Waals surface area (Å²) in [6.07, 6.45) is 2.50. The van der Waals surface area contributed by atoms with Gasteiger partial charge in [0.2, 0.25) is 5.91 Å². The SMILES string of the molecule is CNC(C)C(=O)NC1CN2CCC1CC2. The van der Waals surface area contributed by atoms with E-state index in [0.29, 0.717) is 12.0 Å². The fourth-order valence-electron chi connectivity index (χ4n) is 2.57. The molecule has 0 aromatic rings. The average molecular weight is 211 g/mol. The molecule has 0 spiro atoms. The lowest BCUT2D eigenvalue weighted by atomic mass is 9.84. The van der Waals surface area contributed by atoms with Crippen molar-refractivity contribution in [3.63, 3.8) is 0 Å². The zero-order chi connectivity index (χ0) is 10.8. The number of nitrogens with one attached hydrogen (secondary N) is 2. The van der Waals surface area contributed by atoms with E-state index in [1.54, 1.807) is 0 Å². The van der Waals surface area contributed by atoms with Gasteiger partial charge in [-0.1, -0.05) is 0 Å². The summed E-state index contributed by atoms with van der Waals surface area (Å²) >= 11 is 0. The second-order valence-corrected chi connectivity index (χ2v) is 4.76. The predicted molar refractivity (Wildman–Crippen MR) is 59.6 cm³/mol. The van der Waals surface area contributed by atoms with Crippen molar-refractivity contribution in [3.05, 3.63) is 0 Å². The highest BCUT2D eigenvalue weighted by molar-refractivity contribution is 5.81. The number of hydrogen-bond acceptors (Lipinski definition) is 3. The van der Waals surface area contributed by atoms with Crippen molar-refractivity contribution < 1.29 is 4.79 Å². The van der Waals surface area contributed by atoms with Crippen molar-refractivity contribution >= 4 is 5.91 Å². The van der Waals surface area contributed by atoms with Gasteiger partial charge in [0, 0.05) is 12.6 Å². The largest absolute Gasteiger partial charge is 0.350 e. The monoisotopic (exact) mass is 211 g/mol. The second-order valence-electron chi connectivity index (χ2n) is 4.76. The third-order valence-corrected chi connectivity index (χ3v) is 3.81. The van der Waals surface area contributed by atoms with E-state index in [1.165, 1.54) is 25.9 Å². The molecule has 0 radical (unpaired) electrons. The molecular formula is C11H21N3O. The van der Waals surface area contributed by atoms with E-state index >= 15 is 0 Å². The highest BCUT2D eigenvalue weighted by atomic mass is 16.2. The molecule has 3 aliphatic heterocycles. The Labute approximate surface area is 91.4 Å². The molecule has 3 saturated heterocycles. The molecule has 3 heterocycles. The van der Waals surface area contributed by atoms with Crippen LogP contribution in [-0.2, 0) is 4.79 Å². The number of likely N-dealkylation sites (N-methyl/N-ethyl adjacent to an activating group) is 1. The number of carbonyl (C=O) groups is 1. The van der Waals surface area contributed by atoms with Crippen LogP contribution in [0, 0.1) is 5.92 Å². The standard InChI is InChI=1S/C11H21N3O/c1-8(12-2)11(15)13-10-7-14-5-3-9(10)4-6-14/h8-10,12H,3-7H2,1-2H3,(H,13,15). The molecule has 2 N–H and O–H groups in total. The molecule has 0 saturated carbocycles. The first-order chi connectivity index (χ1) is 7.20. The van der Waals surface area contributed by atoms with Crippen LogP contribution in [0.15, 0.2) is 0 Å². The van der Waals surface area contributed by atoms with Crippen molar-refractivity contribution in [1.29, 1.82) is 0 Å². The molecule has 4 heteroatoms. The van der Waals surface area contributed by atoms with Gasteiger partial charge in [0.1, 0.15) is 0 Å². The zero-order valence-electron chi connectivity index (χ0n) is 9.62. The topological polar surface area (TPSA) is 44.4 Å². The van der Waals surface area contributed by atoms with Crippen molar-refractivity contribution in [3.8, 4) is 0 Å². The van der Waals surface area contributed by atoms with Crippen LogP contribution in [0.25, 0.3) is 0 Å². The lowest BCUT2D eigenvalue weighted by Gasteiger charge is -2.45. The summed E-state index contributed by atoms with van der Waals surface area (Å²) in [5.74, 6) is 0.847. The summed E-state index contributed by atoms with van der Waals surface area (Å²) < 4.78 is 0. The Bertz CT molecular complexity index is 236. The quantitative estimate of drug-likeness (QED) is 0.680.